The Bertz CT molecular complexity index is 526. The first kappa shape index (κ1) is 14.5. The molecular formula is C15H18FNO3. The number of aliphatic carboxylic acids is 1. The first-order valence-electron chi connectivity index (χ1n) is 6.69. The van der Waals surface area contributed by atoms with Crippen LogP contribution in [0.2, 0.25) is 0 Å². The number of hydrogen-bond acceptors (Lipinski definition) is 2. The van der Waals surface area contributed by atoms with Gasteiger partial charge in [-0.1, -0.05) is 25.1 Å². The average Bonchev–Trinajstić information content (AvgIpc) is 3.18. The minimum atomic E-state index is -0.861. The van der Waals surface area contributed by atoms with Crippen LogP contribution in [0.5, 0.6) is 0 Å². The molecule has 4 nitrogen and oxygen atoms in total. The van der Waals surface area contributed by atoms with Gasteiger partial charge < -0.3 is 10.4 Å². The summed E-state index contributed by atoms with van der Waals surface area (Å²) in [6.07, 6.45) is 1.35. The Morgan fingerprint density at radius 1 is 1.40 bits per heavy atom. The molecule has 108 valence electrons. The molecule has 0 bridgehead atoms. The van der Waals surface area contributed by atoms with Gasteiger partial charge in [0.05, 0.1) is 5.41 Å². The van der Waals surface area contributed by atoms with Gasteiger partial charge >= 0.3 is 5.97 Å². The summed E-state index contributed by atoms with van der Waals surface area (Å²) in [6, 6.07) is 6.37. The Hall–Kier alpha value is -1.91. The highest BCUT2D eigenvalue weighted by Gasteiger charge is 2.50. The summed E-state index contributed by atoms with van der Waals surface area (Å²) >= 11 is 0. The van der Waals surface area contributed by atoms with Crippen molar-refractivity contribution in [1.29, 1.82) is 0 Å². The lowest BCUT2D eigenvalue weighted by Gasteiger charge is -2.15. The van der Waals surface area contributed by atoms with E-state index < -0.39 is 11.4 Å². The predicted molar refractivity (Wildman–Crippen MR) is 71.7 cm³/mol. The van der Waals surface area contributed by atoms with Crippen LogP contribution in [-0.2, 0) is 9.59 Å². The second-order valence-electron chi connectivity index (χ2n) is 5.49. The van der Waals surface area contributed by atoms with Gasteiger partial charge in [-0.25, -0.2) is 4.39 Å². The van der Waals surface area contributed by atoms with Crippen molar-refractivity contribution in [3.8, 4) is 0 Å². The number of benzene rings is 1. The molecule has 1 atom stereocenters. The van der Waals surface area contributed by atoms with Gasteiger partial charge in [0.1, 0.15) is 5.82 Å². The minimum absolute atomic E-state index is 0.149. The lowest BCUT2D eigenvalue weighted by atomic mass is 9.97. The maximum absolute atomic E-state index is 13.6. The maximum Gasteiger partial charge on any atom is 0.311 e. The Kier molecular flexibility index (Phi) is 4.06. The van der Waals surface area contributed by atoms with Gasteiger partial charge in [-0.15, -0.1) is 0 Å². The molecule has 0 radical (unpaired) electrons. The molecule has 0 saturated heterocycles. The third-order valence-electron chi connectivity index (χ3n) is 3.86. The molecule has 2 N–H and O–H groups in total. The first-order valence-corrected chi connectivity index (χ1v) is 6.69. The second-order valence-corrected chi connectivity index (χ2v) is 5.49. The molecule has 0 heterocycles. The lowest BCUT2D eigenvalue weighted by Crippen LogP contribution is -2.34. The Morgan fingerprint density at radius 2 is 2.05 bits per heavy atom. The van der Waals surface area contributed by atoms with Crippen LogP contribution in [0.1, 0.15) is 37.7 Å². The number of amides is 1. The molecule has 2 rings (SSSR count). The summed E-state index contributed by atoms with van der Waals surface area (Å²) < 4.78 is 13.6. The van der Waals surface area contributed by atoms with E-state index in [0.717, 1.165) is 0 Å². The van der Waals surface area contributed by atoms with Gasteiger partial charge in [-0.3, -0.25) is 9.59 Å². The van der Waals surface area contributed by atoms with Gasteiger partial charge in [0, 0.05) is 13.0 Å². The van der Waals surface area contributed by atoms with Crippen molar-refractivity contribution in [2.45, 2.75) is 32.1 Å². The fourth-order valence-electron chi connectivity index (χ4n) is 2.22. The van der Waals surface area contributed by atoms with Gasteiger partial charge in [-0.05, 0) is 30.4 Å². The zero-order chi connectivity index (χ0) is 14.8. The predicted octanol–water partition coefficient (Wildman–Crippen LogP) is 2.30. The Balaban J connectivity index is 1.86. The van der Waals surface area contributed by atoms with E-state index in [1.165, 1.54) is 6.07 Å². The zero-order valence-corrected chi connectivity index (χ0v) is 11.4. The number of hydrogen-bond donors (Lipinski definition) is 2. The first-order chi connectivity index (χ1) is 9.44. The molecule has 1 aromatic carbocycles. The van der Waals surface area contributed by atoms with E-state index in [1.54, 1.807) is 25.1 Å². The summed E-state index contributed by atoms with van der Waals surface area (Å²) in [5.74, 6) is -1.67. The van der Waals surface area contributed by atoms with Crippen LogP contribution in [0.4, 0.5) is 4.39 Å². The van der Waals surface area contributed by atoms with E-state index in [2.05, 4.69) is 5.32 Å². The molecule has 1 unspecified atom stereocenters. The standard InChI is InChI=1S/C15H18FNO3/c1-10(11-4-2-3-5-12(11)16)8-13(18)17-9-15(6-7-15)14(19)20/h2-5,10H,6-9H2,1H3,(H,17,18)(H,19,20). The normalized spacial score (nSPS) is 17.3. The van der Waals surface area contributed by atoms with Crippen molar-refractivity contribution in [3.05, 3.63) is 35.6 Å². The summed E-state index contributed by atoms with van der Waals surface area (Å²) in [6.45, 7) is 1.94. The summed E-state index contributed by atoms with van der Waals surface area (Å²) in [5.41, 5.74) is -0.265. The van der Waals surface area contributed by atoms with Gasteiger partial charge in [0.15, 0.2) is 0 Å². The molecule has 1 aliphatic carbocycles. The molecule has 1 amide bonds. The Labute approximate surface area is 117 Å². The van der Waals surface area contributed by atoms with Crippen LogP contribution in [0.15, 0.2) is 24.3 Å². The highest BCUT2D eigenvalue weighted by molar-refractivity contribution is 5.81. The van der Waals surface area contributed by atoms with Crippen molar-refractivity contribution >= 4 is 11.9 Å². The monoisotopic (exact) mass is 279 g/mol. The van der Waals surface area contributed by atoms with E-state index in [1.807, 2.05) is 0 Å². The summed E-state index contributed by atoms with van der Waals surface area (Å²) in [4.78, 5) is 22.8. The zero-order valence-electron chi connectivity index (χ0n) is 11.4. The molecule has 1 aromatic rings. The molecule has 1 saturated carbocycles. The number of carbonyl (C=O) groups is 2. The van der Waals surface area contributed by atoms with E-state index in [0.29, 0.717) is 18.4 Å². The summed E-state index contributed by atoms with van der Waals surface area (Å²) in [5, 5.41) is 11.7. The van der Waals surface area contributed by atoms with Crippen LogP contribution in [0.25, 0.3) is 0 Å². The lowest BCUT2D eigenvalue weighted by molar-refractivity contribution is -0.143. The molecule has 5 heteroatoms. The molecule has 1 fully saturated rings. The van der Waals surface area contributed by atoms with Crippen molar-refractivity contribution < 1.29 is 19.1 Å². The number of carboxylic acid groups (broad SMARTS) is 1. The van der Waals surface area contributed by atoms with Crippen molar-refractivity contribution in [2.24, 2.45) is 5.41 Å². The van der Waals surface area contributed by atoms with Gasteiger partial charge in [-0.2, -0.15) is 0 Å². The molecule has 0 spiro atoms. The summed E-state index contributed by atoms with van der Waals surface area (Å²) in [7, 11) is 0. The average molecular weight is 279 g/mol. The number of halogens is 1. The highest BCUT2D eigenvalue weighted by atomic mass is 19.1. The van der Waals surface area contributed by atoms with E-state index in [9.17, 15) is 14.0 Å². The third kappa shape index (κ3) is 3.15. The second kappa shape index (κ2) is 5.61. The Morgan fingerprint density at radius 3 is 2.60 bits per heavy atom. The maximum atomic E-state index is 13.6. The van der Waals surface area contributed by atoms with E-state index >= 15 is 0 Å². The number of carbonyl (C=O) groups excluding carboxylic acids is 1. The number of nitrogens with one attached hydrogen (secondary N) is 1. The highest BCUT2D eigenvalue weighted by Crippen LogP contribution is 2.45. The van der Waals surface area contributed by atoms with Crippen LogP contribution >= 0.6 is 0 Å². The van der Waals surface area contributed by atoms with E-state index in [4.69, 9.17) is 5.11 Å². The van der Waals surface area contributed by atoms with Gasteiger partial charge in [0.2, 0.25) is 5.91 Å². The molecule has 20 heavy (non-hydrogen) atoms. The smallest absolute Gasteiger partial charge is 0.311 e. The van der Waals surface area contributed by atoms with E-state index in [-0.39, 0.29) is 30.6 Å². The van der Waals surface area contributed by atoms with Crippen LogP contribution in [0.3, 0.4) is 0 Å². The van der Waals surface area contributed by atoms with Crippen LogP contribution in [-0.4, -0.2) is 23.5 Å². The molecular weight excluding hydrogens is 261 g/mol. The fraction of sp³-hybridized carbons (Fsp3) is 0.467. The van der Waals surface area contributed by atoms with Crippen molar-refractivity contribution in [2.75, 3.05) is 6.54 Å². The van der Waals surface area contributed by atoms with Crippen LogP contribution in [0, 0.1) is 11.2 Å². The third-order valence-corrected chi connectivity index (χ3v) is 3.86. The van der Waals surface area contributed by atoms with Crippen molar-refractivity contribution in [1.82, 2.24) is 5.32 Å². The minimum Gasteiger partial charge on any atom is -0.481 e. The number of rotatable bonds is 6. The fourth-order valence-corrected chi connectivity index (χ4v) is 2.22. The topological polar surface area (TPSA) is 66.4 Å². The number of carboxylic acids is 1. The SMILES string of the molecule is CC(CC(=O)NCC1(C(=O)O)CC1)c1ccccc1F. The quantitative estimate of drug-likeness (QED) is 0.839. The molecule has 0 aliphatic heterocycles. The molecule has 0 aromatic heterocycles. The van der Waals surface area contributed by atoms with Gasteiger partial charge in [0.25, 0.3) is 0 Å². The largest absolute Gasteiger partial charge is 0.481 e. The molecule has 1 aliphatic rings. The van der Waals surface area contributed by atoms with Crippen LogP contribution < -0.4 is 5.32 Å². The van der Waals surface area contributed by atoms with Crippen molar-refractivity contribution in [3.63, 3.8) is 0 Å².